The summed E-state index contributed by atoms with van der Waals surface area (Å²) < 4.78 is 0. The molecule has 1 aromatic rings. The molecule has 0 unspecified atom stereocenters. The summed E-state index contributed by atoms with van der Waals surface area (Å²) in [6, 6.07) is 9.66. The Bertz CT molecular complexity index is 368. The molecule has 0 aliphatic carbocycles. The lowest BCUT2D eigenvalue weighted by Gasteiger charge is -2.11. The van der Waals surface area contributed by atoms with Crippen molar-refractivity contribution in [3.63, 3.8) is 0 Å². The Morgan fingerprint density at radius 1 is 1.29 bits per heavy atom. The van der Waals surface area contributed by atoms with E-state index >= 15 is 0 Å². The zero-order chi connectivity index (χ0) is 9.60. The summed E-state index contributed by atoms with van der Waals surface area (Å²) in [5.41, 5.74) is 0.916. The minimum Gasteiger partial charge on any atom is -0.326 e. The average Bonchev–Trinajstić information content (AvgIpc) is 2.95. The van der Waals surface area contributed by atoms with Crippen LogP contribution in [-0.2, 0) is 0 Å². The van der Waals surface area contributed by atoms with E-state index in [-0.39, 0.29) is 5.79 Å². The second-order valence-electron chi connectivity index (χ2n) is 3.52. The predicted molar refractivity (Wildman–Crippen MR) is 53.7 cm³/mol. The van der Waals surface area contributed by atoms with Gasteiger partial charge >= 0.3 is 0 Å². The molecule has 2 aliphatic heterocycles. The smallest absolute Gasteiger partial charge is 0.195 e. The molecular weight excluding hydrogens is 178 g/mol. The molecular formula is C9H11N5. The average molecular weight is 189 g/mol. The van der Waals surface area contributed by atoms with Gasteiger partial charge < -0.3 is 10.6 Å². The zero-order valence-electron chi connectivity index (χ0n) is 7.46. The Hall–Kier alpha value is -1.59. The number of hydrogen-bond acceptors (Lipinski definition) is 3. The highest BCUT2D eigenvalue weighted by molar-refractivity contribution is 5.92. The van der Waals surface area contributed by atoms with Gasteiger partial charge in [0.2, 0.25) is 0 Å². The van der Waals surface area contributed by atoms with Crippen LogP contribution in [0, 0.1) is 5.41 Å². The van der Waals surface area contributed by atoms with Crippen molar-refractivity contribution in [2.75, 3.05) is 5.32 Å². The van der Waals surface area contributed by atoms with Crippen LogP contribution in [0.1, 0.15) is 0 Å². The molecule has 1 aromatic carbocycles. The van der Waals surface area contributed by atoms with E-state index < -0.39 is 0 Å². The molecule has 0 aromatic heterocycles. The van der Waals surface area contributed by atoms with Gasteiger partial charge in [-0.2, -0.15) is 0 Å². The molecule has 0 saturated carbocycles. The summed E-state index contributed by atoms with van der Waals surface area (Å²) in [5, 5.41) is 19.8. The second-order valence-corrected chi connectivity index (χ2v) is 3.52. The van der Waals surface area contributed by atoms with E-state index in [0.29, 0.717) is 12.1 Å². The summed E-state index contributed by atoms with van der Waals surface area (Å²) in [5.74, 6) is 0.134. The third kappa shape index (κ3) is 1.23. The molecule has 5 N–H and O–H groups in total. The summed E-state index contributed by atoms with van der Waals surface area (Å²) in [4.78, 5) is 0. The first-order valence-electron chi connectivity index (χ1n) is 4.53. The highest BCUT2D eigenvalue weighted by Crippen LogP contribution is 2.33. The van der Waals surface area contributed by atoms with E-state index in [4.69, 9.17) is 5.41 Å². The number of hydrogen-bond donors (Lipinski definition) is 5. The highest BCUT2D eigenvalue weighted by atomic mass is 15.7. The van der Waals surface area contributed by atoms with Crippen molar-refractivity contribution in [1.82, 2.24) is 16.0 Å². The van der Waals surface area contributed by atoms with Crippen LogP contribution >= 0.6 is 0 Å². The lowest BCUT2D eigenvalue weighted by atomic mass is 10.3. The minimum atomic E-state index is -0.168. The number of anilines is 1. The van der Waals surface area contributed by atoms with Crippen molar-refractivity contribution in [2.45, 2.75) is 12.0 Å². The summed E-state index contributed by atoms with van der Waals surface area (Å²) in [7, 11) is 0. The van der Waals surface area contributed by atoms with Crippen LogP contribution in [0.4, 0.5) is 5.69 Å². The first-order chi connectivity index (χ1) is 6.78. The van der Waals surface area contributed by atoms with E-state index in [1.165, 1.54) is 0 Å². The molecule has 0 spiro atoms. The lowest BCUT2D eigenvalue weighted by Crippen LogP contribution is -2.44. The van der Waals surface area contributed by atoms with Crippen molar-refractivity contribution in [3.05, 3.63) is 30.3 Å². The zero-order valence-corrected chi connectivity index (χ0v) is 7.46. The van der Waals surface area contributed by atoms with E-state index in [0.717, 1.165) is 5.69 Å². The van der Waals surface area contributed by atoms with Gasteiger partial charge in [0.05, 0.1) is 0 Å². The molecule has 72 valence electrons. The monoisotopic (exact) mass is 189 g/mol. The summed E-state index contributed by atoms with van der Waals surface area (Å²) in [6.07, 6.45) is 0.362. The van der Waals surface area contributed by atoms with Gasteiger partial charge in [0.25, 0.3) is 0 Å². The van der Waals surface area contributed by atoms with Gasteiger partial charge in [-0.15, -0.1) is 0 Å². The van der Waals surface area contributed by atoms with Gasteiger partial charge in [-0.1, -0.05) is 18.2 Å². The topological polar surface area (TPSA) is 91.8 Å². The molecule has 0 amide bonds. The molecule has 2 saturated heterocycles. The lowest BCUT2D eigenvalue weighted by molar-refractivity contribution is 0.600. The van der Waals surface area contributed by atoms with Gasteiger partial charge in [-0.25, -0.2) is 0 Å². The predicted octanol–water partition coefficient (Wildman–Crippen LogP) is -0.191. The fraction of sp³-hybridized carbons (Fsp3) is 0.222. The third-order valence-electron chi connectivity index (χ3n) is 2.38. The van der Waals surface area contributed by atoms with Gasteiger partial charge in [0.1, 0.15) is 6.17 Å². The van der Waals surface area contributed by atoms with Gasteiger partial charge in [-0.3, -0.25) is 16.0 Å². The standard InChI is InChI=1S/C9H11N5/c10-8(14-9-7(12-9)13-9)11-6-4-2-1-3-5-6/h1-5,7,12-13H,(H3,10,11,14)/t7-,9+. The quantitative estimate of drug-likeness (QED) is 0.253. The minimum absolute atomic E-state index is 0.168. The van der Waals surface area contributed by atoms with Crippen molar-refractivity contribution in [3.8, 4) is 0 Å². The Kier molecular flexibility index (Phi) is 1.37. The maximum Gasteiger partial charge on any atom is 0.195 e. The number of nitrogens with one attached hydrogen (secondary N) is 5. The van der Waals surface area contributed by atoms with E-state index in [2.05, 4.69) is 21.3 Å². The van der Waals surface area contributed by atoms with Crippen LogP contribution in [0.2, 0.25) is 0 Å². The van der Waals surface area contributed by atoms with Crippen LogP contribution in [0.15, 0.2) is 30.3 Å². The molecule has 2 heterocycles. The Morgan fingerprint density at radius 2 is 1.93 bits per heavy atom. The maximum absolute atomic E-state index is 7.65. The van der Waals surface area contributed by atoms with Crippen molar-refractivity contribution < 1.29 is 0 Å². The molecule has 5 heteroatoms. The Balaban J connectivity index is 1.59. The van der Waals surface area contributed by atoms with Crippen molar-refractivity contribution >= 4 is 11.6 Å². The molecule has 0 bridgehead atoms. The molecule has 3 rings (SSSR count). The largest absolute Gasteiger partial charge is 0.326 e. The molecule has 14 heavy (non-hydrogen) atoms. The number of fused-ring (bicyclic) bond motifs is 1. The number of benzene rings is 1. The first-order valence-corrected chi connectivity index (χ1v) is 4.53. The number of para-hydroxylation sites is 1. The molecule has 2 fully saturated rings. The van der Waals surface area contributed by atoms with Crippen molar-refractivity contribution in [2.24, 2.45) is 0 Å². The molecule has 5 nitrogen and oxygen atoms in total. The number of rotatable bonds is 2. The first kappa shape index (κ1) is 7.78. The molecule has 0 atom stereocenters. The van der Waals surface area contributed by atoms with Gasteiger partial charge in [0, 0.05) is 5.69 Å². The van der Waals surface area contributed by atoms with Crippen LogP contribution in [0.5, 0.6) is 0 Å². The SMILES string of the molecule is N=C(Nc1ccccc1)N[C@]12N[C@@H]1N2. The van der Waals surface area contributed by atoms with Crippen LogP contribution < -0.4 is 21.3 Å². The van der Waals surface area contributed by atoms with Gasteiger partial charge in [-0.05, 0) is 12.1 Å². The molecule has 0 radical (unpaired) electrons. The maximum atomic E-state index is 7.65. The summed E-state index contributed by atoms with van der Waals surface area (Å²) in [6.45, 7) is 0. The van der Waals surface area contributed by atoms with E-state index in [9.17, 15) is 0 Å². The normalized spacial score (nSPS) is 31.6. The third-order valence-corrected chi connectivity index (χ3v) is 2.38. The highest BCUT2D eigenvalue weighted by Gasteiger charge is 2.71. The fourth-order valence-electron chi connectivity index (χ4n) is 1.41. The van der Waals surface area contributed by atoms with Gasteiger partial charge in [0.15, 0.2) is 11.7 Å². The van der Waals surface area contributed by atoms with E-state index in [1.54, 1.807) is 0 Å². The van der Waals surface area contributed by atoms with Crippen LogP contribution in [0.3, 0.4) is 0 Å². The van der Waals surface area contributed by atoms with Crippen LogP contribution in [-0.4, -0.2) is 17.9 Å². The van der Waals surface area contributed by atoms with Crippen molar-refractivity contribution in [1.29, 1.82) is 5.41 Å². The van der Waals surface area contributed by atoms with E-state index in [1.807, 2.05) is 30.3 Å². The Morgan fingerprint density at radius 3 is 2.50 bits per heavy atom. The second kappa shape index (κ2) is 2.46. The van der Waals surface area contributed by atoms with Crippen LogP contribution in [0.25, 0.3) is 0 Å². The Labute approximate surface area is 81.4 Å². The summed E-state index contributed by atoms with van der Waals surface area (Å²) >= 11 is 0. The number of guanidine groups is 1. The molecule has 2 aliphatic rings. The fourth-order valence-corrected chi connectivity index (χ4v) is 1.41.